The van der Waals surface area contributed by atoms with Crippen molar-refractivity contribution < 1.29 is 4.74 Å². The highest BCUT2D eigenvalue weighted by molar-refractivity contribution is 5.66. The van der Waals surface area contributed by atoms with Gasteiger partial charge in [-0.05, 0) is 26.0 Å². The van der Waals surface area contributed by atoms with Crippen LogP contribution in [0.2, 0.25) is 0 Å². The van der Waals surface area contributed by atoms with Crippen molar-refractivity contribution in [2.75, 3.05) is 7.11 Å². The first-order valence-corrected chi connectivity index (χ1v) is 5.96. The van der Waals surface area contributed by atoms with Crippen molar-refractivity contribution in [3.05, 3.63) is 36.3 Å². The standard InChI is InChI=1S/C14H19N3O/c1-14(2,15)8-13-16-9-11(17-13)10-6-4-5-7-12(10)18-3/h4-7,9H,8,15H2,1-3H3,(H,16,17). The summed E-state index contributed by atoms with van der Waals surface area (Å²) in [6, 6.07) is 7.86. The van der Waals surface area contributed by atoms with Crippen LogP contribution in [0.5, 0.6) is 5.75 Å². The maximum Gasteiger partial charge on any atom is 0.128 e. The monoisotopic (exact) mass is 245 g/mol. The zero-order valence-corrected chi connectivity index (χ0v) is 11.0. The summed E-state index contributed by atoms with van der Waals surface area (Å²) in [7, 11) is 1.67. The lowest BCUT2D eigenvalue weighted by Gasteiger charge is -2.16. The molecular formula is C14H19N3O. The molecule has 0 aliphatic rings. The second-order valence-corrected chi connectivity index (χ2v) is 5.11. The van der Waals surface area contributed by atoms with Crippen molar-refractivity contribution >= 4 is 0 Å². The van der Waals surface area contributed by atoms with Gasteiger partial charge in [0.25, 0.3) is 0 Å². The number of nitrogens with one attached hydrogen (secondary N) is 1. The molecule has 0 bridgehead atoms. The molecule has 2 aromatic rings. The maximum absolute atomic E-state index is 5.99. The van der Waals surface area contributed by atoms with Gasteiger partial charge < -0.3 is 15.5 Å². The molecule has 3 N–H and O–H groups in total. The predicted molar refractivity (Wildman–Crippen MR) is 72.5 cm³/mol. The van der Waals surface area contributed by atoms with Crippen LogP contribution in [0.25, 0.3) is 11.3 Å². The Balaban J connectivity index is 2.29. The molecule has 0 aliphatic heterocycles. The molecule has 0 amide bonds. The molecule has 2 rings (SSSR count). The minimum Gasteiger partial charge on any atom is -0.496 e. The fourth-order valence-corrected chi connectivity index (χ4v) is 1.89. The van der Waals surface area contributed by atoms with Crippen LogP contribution in [-0.2, 0) is 6.42 Å². The molecule has 0 saturated heterocycles. The summed E-state index contributed by atoms with van der Waals surface area (Å²) in [6.45, 7) is 3.97. The van der Waals surface area contributed by atoms with Crippen molar-refractivity contribution in [2.45, 2.75) is 25.8 Å². The lowest BCUT2D eigenvalue weighted by Crippen LogP contribution is -2.34. The van der Waals surface area contributed by atoms with Gasteiger partial charge in [0, 0.05) is 17.5 Å². The summed E-state index contributed by atoms with van der Waals surface area (Å²) in [5.41, 5.74) is 7.68. The van der Waals surface area contributed by atoms with Crippen molar-refractivity contribution in [1.29, 1.82) is 0 Å². The van der Waals surface area contributed by atoms with Crippen LogP contribution >= 0.6 is 0 Å². The lowest BCUT2D eigenvalue weighted by molar-refractivity contribution is 0.416. The number of methoxy groups -OCH3 is 1. The summed E-state index contributed by atoms with van der Waals surface area (Å²) in [5.74, 6) is 1.73. The van der Waals surface area contributed by atoms with Crippen molar-refractivity contribution in [3.8, 4) is 17.0 Å². The summed E-state index contributed by atoms with van der Waals surface area (Å²) in [4.78, 5) is 7.65. The largest absolute Gasteiger partial charge is 0.496 e. The van der Waals surface area contributed by atoms with Crippen LogP contribution in [0.15, 0.2) is 30.5 Å². The number of rotatable bonds is 4. The normalized spacial score (nSPS) is 11.6. The Hall–Kier alpha value is -1.81. The molecule has 0 aliphatic carbocycles. The van der Waals surface area contributed by atoms with Gasteiger partial charge in [0.05, 0.1) is 19.0 Å². The Morgan fingerprint density at radius 3 is 2.72 bits per heavy atom. The van der Waals surface area contributed by atoms with E-state index >= 15 is 0 Å². The molecule has 0 atom stereocenters. The van der Waals surface area contributed by atoms with Gasteiger partial charge >= 0.3 is 0 Å². The topological polar surface area (TPSA) is 63.9 Å². The van der Waals surface area contributed by atoms with Crippen LogP contribution in [0.4, 0.5) is 0 Å². The minimum absolute atomic E-state index is 0.268. The minimum atomic E-state index is -0.268. The van der Waals surface area contributed by atoms with Crippen LogP contribution in [0, 0.1) is 0 Å². The summed E-state index contributed by atoms with van der Waals surface area (Å²) >= 11 is 0. The molecule has 1 aromatic carbocycles. The maximum atomic E-state index is 5.99. The molecule has 0 saturated carbocycles. The lowest BCUT2D eigenvalue weighted by atomic mass is 10.0. The number of aromatic nitrogens is 2. The van der Waals surface area contributed by atoms with Gasteiger partial charge in [-0.15, -0.1) is 0 Å². The van der Waals surface area contributed by atoms with E-state index in [1.807, 2.05) is 44.3 Å². The van der Waals surface area contributed by atoms with Gasteiger partial charge in [0.1, 0.15) is 11.6 Å². The number of H-pyrrole nitrogens is 1. The highest BCUT2D eigenvalue weighted by Gasteiger charge is 2.15. The quantitative estimate of drug-likeness (QED) is 0.869. The molecule has 0 radical (unpaired) electrons. The van der Waals surface area contributed by atoms with E-state index in [0.29, 0.717) is 6.42 Å². The fraction of sp³-hybridized carbons (Fsp3) is 0.357. The Kier molecular flexibility index (Phi) is 3.39. The van der Waals surface area contributed by atoms with Crippen molar-refractivity contribution in [3.63, 3.8) is 0 Å². The third kappa shape index (κ3) is 2.90. The van der Waals surface area contributed by atoms with Gasteiger partial charge in [-0.1, -0.05) is 12.1 Å². The second-order valence-electron chi connectivity index (χ2n) is 5.11. The van der Waals surface area contributed by atoms with Crippen molar-refractivity contribution in [1.82, 2.24) is 9.97 Å². The molecule has 0 unspecified atom stereocenters. The highest BCUT2D eigenvalue weighted by atomic mass is 16.5. The average Bonchev–Trinajstić information content (AvgIpc) is 2.75. The SMILES string of the molecule is COc1ccccc1-c1cnc(CC(C)(C)N)[nH]1. The number of ether oxygens (including phenoxy) is 1. The fourth-order valence-electron chi connectivity index (χ4n) is 1.89. The Labute approximate surface area is 107 Å². The third-order valence-corrected chi connectivity index (χ3v) is 2.65. The van der Waals surface area contributed by atoms with Crippen molar-refractivity contribution in [2.24, 2.45) is 5.73 Å². The van der Waals surface area contributed by atoms with E-state index in [1.54, 1.807) is 7.11 Å². The molecule has 0 fully saturated rings. The van der Waals surface area contributed by atoms with E-state index in [2.05, 4.69) is 9.97 Å². The molecule has 4 heteroatoms. The Morgan fingerprint density at radius 1 is 1.33 bits per heavy atom. The van der Waals surface area contributed by atoms with E-state index in [1.165, 1.54) is 0 Å². The van der Waals surface area contributed by atoms with Gasteiger partial charge in [-0.2, -0.15) is 0 Å². The zero-order valence-electron chi connectivity index (χ0n) is 11.0. The number of nitrogens with zero attached hydrogens (tertiary/aromatic N) is 1. The molecule has 18 heavy (non-hydrogen) atoms. The van der Waals surface area contributed by atoms with Gasteiger partial charge in [0.2, 0.25) is 0 Å². The third-order valence-electron chi connectivity index (χ3n) is 2.65. The first-order valence-electron chi connectivity index (χ1n) is 5.96. The molecule has 96 valence electrons. The Bertz CT molecular complexity index is 526. The number of benzene rings is 1. The molecule has 0 spiro atoms. The molecule has 1 aromatic heterocycles. The number of para-hydroxylation sites is 1. The number of hydrogen-bond acceptors (Lipinski definition) is 3. The molecule has 4 nitrogen and oxygen atoms in total. The van der Waals surface area contributed by atoms with E-state index < -0.39 is 0 Å². The predicted octanol–water partition coefficient (Wildman–Crippen LogP) is 2.37. The molecular weight excluding hydrogens is 226 g/mol. The number of nitrogens with two attached hydrogens (primary N) is 1. The van der Waals surface area contributed by atoms with E-state index in [9.17, 15) is 0 Å². The number of aromatic amines is 1. The first kappa shape index (κ1) is 12.6. The summed E-state index contributed by atoms with van der Waals surface area (Å²) < 4.78 is 5.34. The van der Waals surface area contributed by atoms with E-state index in [4.69, 9.17) is 10.5 Å². The van der Waals surface area contributed by atoms with Gasteiger partial charge in [-0.3, -0.25) is 0 Å². The summed E-state index contributed by atoms with van der Waals surface area (Å²) in [6.07, 6.45) is 2.53. The van der Waals surface area contributed by atoms with Crippen LogP contribution in [-0.4, -0.2) is 22.6 Å². The number of imidazole rings is 1. The van der Waals surface area contributed by atoms with E-state index in [0.717, 1.165) is 22.8 Å². The highest BCUT2D eigenvalue weighted by Crippen LogP contribution is 2.28. The smallest absolute Gasteiger partial charge is 0.128 e. The van der Waals surface area contributed by atoms with Crippen LogP contribution in [0.1, 0.15) is 19.7 Å². The number of hydrogen-bond donors (Lipinski definition) is 2. The van der Waals surface area contributed by atoms with Crippen LogP contribution < -0.4 is 10.5 Å². The second kappa shape index (κ2) is 4.82. The van der Waals surface area contributed by atoms with Crippen LogP contribution in [0.3, 0.4) is 0 Å². The van der Waals surface area contributed by atoms with Gasteiger partial charge in [-0.25, -0.2) is 4.98 Å². The Morgan fingerprint density at radius 2 is 2.06 bits per heavy atom. The first-order chi connectivity index (χ1) is 8.49. The van der Waals surface area contributed by atoms with Gasteiger partial charge in [0.15, 0.2) is 0 Å². The molecule has 1 heterocycles. The zero-order chi connectivity index (χ0) is 13.2. The average molecular weight is 245 g/mol. The van der Waals surface area contributed by atoms with E-state index in [-0.39, 0.29) is 5.54 Å². The summed E-state index contributed by atoms with van der Waals surface area (Å²) in [5, 5.41) is 0.